The van der Waals surface area contributed by atoms with E-state index in [0.29, 0.717) is 6.04 Å². The topological polar surface area (TPSA) is 29.2 Å². The van der Waals surface area contributed by atoms with Crippen molar-refractivity contribution in [3.05, 3.63) is 43.6 Å². The molecule has 3 aromatic rings. The number of thiophene rings is 2. The van der Waals surface area contributed by atoms with Crippen LogP contribution in [0, 0.1) is 4.77 Å². The highest BCUT2D eigenvalue weighted by Gasteiger charge is 2.30. The van der Waals surface area contributed by atoms with E-state index in [1.807, 2.05) is 10.7 Å². The Morgan fingerprint density at radius 1 is 1.11 bits per heavy atom. The normalized spacial score (nSPS) is 18.8. The molecule has 0 aromatic carbocycles. The van der Waals surface area contributed by atoms with Crippen molar-refractivity contribution in [2.24, 2.45) is 0 Å². The maximum atomic E-state index is 6.06. The van der Waals surface area contributed by atoms with E-state index in [-0.39, 0.29) is 0 Å². The van der Waals surface area contributed by atoms with Gasteiger partial charge in [0.1, 0.15) is 0 Å². The molecule has 5 nitrogen and oxygen atoms in total. The van der Waals surface area contributed by atoms with Crippen LogP contribution in [-0.2, 0) is 13.2 Å². The van der Waals surface area contributed by atoms with Gasteiger partial charge in [-0.15, -0.1) is 27.8 Å². The summed E-state index contributed by atoms with van der Waals surface area (Å²) in [7, 11) is 0. The van der Waals surface area contributed by atoms with Crippen molar-refractivity contribution in [1.82, 2.24) is 24.1 Å². The van der Waals surface area contributed by atoms with Crippen molar-refractivity contribution in [2.45, 2.75) is 32.1 Å². The molecule has 0 atom stereocenters. The van der Waals surface area contributed by atoms with E-state index < -0.39 is 0 Å². The van der Waals surface area contributed by atoms with Crippen molar-refractivity contribution >= 4 is 46.5 Å². The molecule has 0 N–H and O–H groups in total. The maximum Gasteiger partial charge on any atom is 0.199 e. The molecule has 9 heteroatoms. The Labute approximate surface area is 182 Å². The third-order valence-electron chi connectivity index (χ3n) is 5.33. The average Bonchev–Trinajstić information content (AvgIpc) is 3.08. The minimum absolute atomic E-state index is 0.535. The summed E-state index contributed by atoms with van der Waals surface area (Å²) in [5.41, 5.74) is 0. The molecule has 4 heterocycles. The van der Waals surface area contributed by atoms with Crippen LogP contribution >= 0.6 is 46.5 Å². The first kappa shape index (κ1) is 19.0. The minimum atomic E-state index is 0.535. The zero-order valence-corrected chi connectivity index (χ0v) is 18.7. The van der Waals surface area contributed by atoms with Crippen molar-refractivity contribution in [1.29, 1.82) is 0 Å². The monoisotopic (exact) mass is 451 g/mol. The van der Waals surface area contributed by atoms with Crippen molar-refractivity contribution in [2.75, 3.05) is 26.2 Å². The zero-order chi connectivity index (χ0) is 19.1. The molecular formula is C19H22ClN5S3. The summed E-state index contributed by atoms with van der Waals surface area (Å²) in [6.07, 6.45) is 2.42. The van der Waals surface area contributed by atoms with Crippen LogP contribution in [0.1, 0.15) is 23.8 Å². The zero-order valence-electron chi connectivity index (χ0n) is 15.5. The Morgan fingerprint density at radius 3 is 2.54 bits per heavy atom. The van der Waals surface area contributed by atoms with Gasteiger partial charge in [0.2, 0.25) is 0 Å². The second kappa shape index (κ2) is 8.01. The molecule has 1 aliphatic heterocycles. The highest BCUT2D eigenvalue weighted by atomic mass is 35.5. The summed E-state index contributed by atoms with van der Waals surface area (Å²) < 4.78 is 6.03. The van der Waals surface area contributed by atoms with Crippen LogP contribution in [0.2, 0.25) is 4.34 Å². The van der Waals surface area contributed by atoms with Gasteiger partial charge in [-0.25, -0.2) is 4.68 Å². The first-order valence-electron chi connectivity index (χ1n) is 9.59. The number of hydrogen-bond donors (Lipinski definition) is 0. The third kappa shape index (κ3) is 3.99. The summed E-state index contributed by atoms with van der Waals surface area (Å²) in [5, 5.41) is 7.02. The Morgan fingerprint density at radius 2 is 1.89 bits per heavy atom. The van der Waals surface area contributed by atoms with Crippen LogP contribution in [-0.4, -0.2) is 50.3 Å². The quantitative estimate of drug-likeness (QED) is 0.495. The van der Waals surface area contributed by atoms with Gasteiger partial charge < -0.3 is 0 Å². The lowest BCUT2D eigenvalue weighted by molar-refractivity contribution is 0.0987. The molecular weight excluding hydrogens is 430 g/mol. The van der Waals surface area contributed by atoms with Crippen LogP contribution in [0.25, 0.3) is 10.7 Å². The molecule has 148 valence electrons. The van der Waals surface area contributed by atoms with Gasteiger partial charge >= 0.3 is 0 Å². The van der Waals surface area contributed by atoms with Crippen molar-refractivity contribution in [3.8, 4) is 10.7 Å². The van der Waals surface area contributed by atoms with Crippen molar-refractivity contribution in [3.63, 3.8) is 0 Å². The largest absolute Gasteiger partial charge is 0.296 e. The minimum Gasteiger partial charge on any atom is -0.296 e. The van der Waals surface area contributed by atoms with E-state index in [1.54, 1.807) is 22.7 Å². The van der Waals surface area contributed by atoms with E-state index in [4.69, 9.17) is 28.9 Å². The molecule has 3 aromatic heterocycles. The van der Waals surface area contributed by atoms with Gasteiger partial charge in [0.15, 0.2) is 10.6 Å². The van der Waals surface area contributed by atoms with Crippen molar-refractivity contribution < 1.29 is 0 Å². The van der Waals surface area contributed by atoms with Gasteiger partial charge in [-0.1, -0.05) is 17.7 Å². The van der Waals surface area contributed by atoms with Gasteiger partial charge in [0.05, 0.1) is 15.9 Å². The smallest absolute Gasteiger partial charge is 0.199 e. The van der Waals surface area contributed by atoms with Gasteiger partial charge in [-0.3, -0.25) is 14.4 Å². The maximum absolute atomic E-state index is 6.06. The molecule has 0 bridgehead atoms. The Balaban J connectivity index is 1.26. The summed E-state index contributed by atoms with van der Waals surface area (Å²) >= 11 is 15.3. The van der Waals surface area contributed by atoms with Gasteiger partial charge in [0.25, 0.3) is 0 Å². The van der Waals surface area contributed by atoms with Crippen LogP contribution < -0.4 is 0 Å². The van der Waals surface area contributed by atoms with E-state index in [2.05, 4.69) is 37.9 Å². The molecule has 0 amide bonds. The molecule has 2 fully saturated rings. The van der Waals surface area contributed by atoms with Crippen LogP contribution in [0.15, 0.2) is 29.6 Å². The van der Waals surface area contributed by atoms with Crippen LogP contribution in [0.5, 0.6) is 0 Å². The van der Waals surface area contributed by atoms with E-state index >= 15 is 0 Å². The Kier molecular flexibility index (Phi) is 5.42. The first-order valence-corrected chi connectivity index (χ1v) is 12.1. The molecule has 0 unspecified atom stereocenters. The average molecular weight is 452 g/mol. The second-order valence-electron chi connectivity index (χ2n) is 7.43. The number of hydrogen-bond acceptors (Lipinski definition) is 6. The highest BCUT2D eigenvalue weighted by Crippen LogP contribution is 2.39. The summed E-state index contributed by atoms with van der Waals surface area (Å²) in [6, 6.07) is 8.88. The lowest BCUT2D eigenvalue weighted by Crippen LogP contribution is -2.46. The molecule has 1 aliphatic carbocycles. The van der Waals surface area contributed by atoms with Gasteiger partial charge in [-0.05, 0) is 48.6 Å². The molecule has 0 spiro atoms. The fraction of sp³-hybridized carbons (Fsp3) is 0.474. The Bertz CT molecular complexity index is 993. The number of piperazine rings is 1. The number of rotatable bonds is 6. The fourth-order valence-electron chi connectivity index (χ4n) is 3.68. The molecule has 5 rings (SSSR count). The molecule has 1 saturated carbocycles. The lowest BCUT2D eigenvalue weighted by Gasteiger charge is -2.34. The van der Waals surface area contributed by atoms with Gasteiger partial charge in [0, 0.05) is 43.6 Å². The summed E-state index contributed by atoms with van der Waals surface area (Å²) in [4.78, 5) is 7.49. The summed E-state index contributed by atoms with van der Waals surface area (Å²) in [5.74, 6) is 1.04. The molecule has 2 aliphatic rings. The fourth-order valence-corrected chi connectivity index (χ4v) is 5.85. The molecule has 1 saturated heterocycles. The van der Waals surface area contributed by atoms with Crippen LogP contribution in [0.3, 0.4) is 0 Å². The summed E-state index contributed by atoms with van der Waals surface area (Å²) in [6.45, 7) is 5.95. The lowest BCUT2D eigenvalue weighted by atomic mass is 10.3. The van der Waals surface area contributed by atoms with E-state index in [9.17, 15) is 0 Å². The van der Waals surface area contributed by atoms with E-state index in [1.165, 1.54) is 22.6 Å². The molecule has 0 radical (unpaired) electrons. The number of nitrogens with zero attached hydrogens (tertiary/aromatic N) is 5. The predicted octanol–water partition coefficient (Wildman–Crippen LogP) is 4.97. The Hall–Kier alpha value is -1.03. The molecule has 28 heavy (non-hydrogen) atoms. The predicted molar refractivity (Wildman–Crippen MR) is 119 cm³/mol. The first-order chi connectivity index (χ1) is 13.7. The standard InChI is InChI=1S/C19H22ClN5S3/c20-17-6-5-15(28-17)12-22-7-9-23(10-8-22)13-24-19(26)25(14-3-4-14)18(21-24)16-2-1-11-27-16/h1-2,5-6,11,14H,3-4,7-10,12-13H2. The second-order valence-corrected chi connectivity index (χ2v) is 10.5. The number of aromatic nitrogens is 3. The van der Waals surface area contributed by atoms with E-state index in [0.717, 1.165) is 54.3 Å². The number of halogens is 1. The van der Waals surface area contributed by atoms with Crippen LogP contribution in [0.4, 0.5) is 0 Å². The SMILES string of the molecule is S=c1n(CN2CCN(Cc3ccc(Cl)s3)CC2)nc(-c2cccs2)n1C1CC1. The van der Waals surface area contributed by atoms with Gasteiger partial charge in [-0.2, -0.15) is 0 Å². The third-order valence-corrected chi connectivity index (χ3v) is 7.82. The highest BCUT2D eigenvalue weighted by molar-refractivity contribution is 7.71.